The molecule has 28 heavy (non-hydrogen) atoms. The predicted molar refractivity (Wildman–Crippen MR) is 104 cm³/mol. The van der Waals surface area contributed by atoms with Crippen molar-refractivity contribution in [2.75, 3.05) is 5.32 Å². The maximum absolute atomic E-state index is 12.6. The Balaban J connectivity index is 2.17. The number of amides is 2. The Kier molecular flexibility index (Phi) is 6.69. The number of nitrogens with one attached hydrogen (secondary N) is 2. The van der Waals surface area contributed by atoms with Crippen LogP contribution in [0.3, 0.4) is 0 Å². The number of hydrogen-bond donors (Lipinski definition) is 2. The number of nitrogens with zero attached hydrogens (tertiary/aromatic N) is 2. The average Bonchev–Trinajstić information content (AvgIpc) is 2.65. The zero-order valence-electron chi connectivity index (χ0n) is 15.1. The number of nitro benzene ring substituents is 1. The molecule has 0 spiro atoms. The summed E-state index contributed by atoms with van der Waals surface area (Å²) in [6.07, 6.45) is 0. The van der Waals surface area contributed by atoms with E-state index in [1.165, 1.54) is 18.2 Å². The van der Waals surface area contributed by atoms with Crippen LogP contribution >= 0.6 is 11.6 Å². The second kappa shape index (κ2) is 8.97. The molecule has 0 aliphatic heterocycles. The topological polar surface area (TPSA) is 125 Å². The molecular weight excluding hydrogens is 384 g/mol. The minimum Gasteiger partial charge on any atom is -0.340 e. The summed E-state index contributed by atoms with van der Waals surface area (Å²) in [5, 5.41) is 24.9. The van der Waals surface area contributed by atoms with E-state index >= 15 is 0 Å². The van der Waals surface area contributed by atoms with E-state index in [1.54, 1.807) is 32.0 Å². The summed E-state index contributed by atoms with van der Waals surface area (Å²) in [4.78, 5) is 35.3. The monoisotopic (exact) mass is 400 g/mol. The van der Waals surface area contributed by atoms with Gasteiger partial charge in [-0.15, -0.1) is 0 Å². The number of halogens is 1. The first-order chi connectivity index (χ1) is 13.2. The molecule has 1 unspecified atom stereocenters. The summed E-state index contributed by atoms with van der Waals surface area (Å²) in [7, 11) is 0. The van der Waals surface area contributed by atoms with Gasteiger partial charge in [0.1, 0.15) is 6.04 Å². The van der Waals surface area contributed by atoms with Crippen molar-refractivity contribution in [2.24, 2.45) is 5.92 Å². The summed E-state index contributed by atoms with van der Waals surface area (Å²) in [6.45, 7) is 3.52. The van der Waals surface area contributed by atoms with E-state index in [0.717, 1.165) is 6.07 Å². The van der Waals surface area contributed by atoms with Gasteiger partial charge >= 0.3 is 0 Å². The lowest BCUT2D eigenvalue weighted by atomic mass is 10.0. The third-order valence-corrected chi connectivity index (χ3v) is 4.22. The maximum Gasteiger partial charge on any atom is 0.270 e. The molecule has 0 aliphatic rings. The van der Waals surface area contributed by atoms with Gasteiger partial charge in [0.2, 0.25) is 5.91 Å². The lowest BCUT2D eigenvalue weighted by Crippen LogP contribution is -2.47. The number of hydrogen-bond acceptors (Lipinski definition) is 5. The number of anilines is 1. The molecule has 2 aromatic rings. The van der Waals surface area contributed by atoms with Gasteiger partial charge in [-0.25, -0.2) is 0 Å². The molecule has 0 heterocycles. The Morgan fingerprint density at radius 2 is 1.93 bits per heavy atom. The lowest BCUT2D eigenvalue weighted by molar-refractivity contribution is -0.384. The largest absolute Gasteiger partial charge is 0.340 e. The smallest absolute Gasteiger partial charge is 0.270 e. The van der Waals surface area contributed by atoms with Gasteiger partial charge in [-0.1, -0.05) is 31.5 Å². The number of benzene rings is 2. The highest BCUT2D eigenvalue weighted by Gasteiger charge is 2.26. The number of carbonyl (C=O) groups is 2. The fourth-order valence-corrected chi connectivity index (χ4v) is 2.70. The Bertz CT molecular complexity index is 969. The second-order valence-electron chi connectivity index (χ2n) is 6.30. The van der Waals surface area contributed by atoms with Crippen molar-refractivity contribution in [1.82, 2.24) is 5.32 Å². The minimum atomic E-state index is -0.885. The van der Waals surface area contributed by atoms with Crippen molar-refractivity contribution < 1.29 is 14.5 Å². The van der Waals surface area contributed by atoms with E-state index < -0.39 is 22.8 Å². The second-order valence-corrected chi connectivity index (χ2v) is 6.71. The third-order valence-electron chi connectivity index (χ3n) is 3.90. The van der Waals surface area contributed by atoms with Crippen molar-refractivity contribution >= 4 is 34.8 Å². The van der Waals surface area contributed by atoms with Crippen molar-refractivity contribution in [3.8, 4) is 6.07 Å². The van der Waals surface area contributed by atoms with E-state index in [1.807, 2.05) is 6.07 Å². The van der Waals surface area contributed by atoms with Gasteiger partial charge in [0, 0.05) is 17.8 Å². The molecule has 0 bridgehead atoms. The Labute approximate surface area is 166 Å². The molecule has 0 saturated heterocycles. The zero-order chi connectivity index (χ0) is 20.8. The standard InChI is InChI=1S/C19H17ClN4O4/c1-11(2)17(19(26)22-13-5-3-4-12(8-13)10-21)23-18(25)15-7-6-14(24(27)28)9-16(15)20/h3-9,11,17H,1-2H3,(H,22,26)(H,23,25). The van der Waals surface area contributed by atoms with Crippen LogP contribution in [0, 0.1) is 27.4 Å². The van der Waals surface area contributed by atoms with Crippen molar-refractivity contribution in [3.63, 3.8) is 0 Å². The van der Waals surface area contributed by atoms with Crippen LogP contribution in [0.4, 0.5) is 11.4 Å². The van der Waals surface area contributed by atoms with Crippen molar-refractivity contribution in [2.45, 2.75) is 19.9 Å². The predicted octanol–water partition coefficient (Wildman–Crippen LogP) is 3.51. The van der Waals surface area contributed by atoms with Crippen LogP contribution < -0.4 is 10.6 Å². The summed E-state index contributed by atoms with van der Waals surface area (Å²) >= 11 is 5.98. The number of rotatable bonds is 6. The molecule has 0 aromatic heterocycles. The third kappa shape index (κ3) is 5.05. The summed E-state index contributed by atoms with van der Waals surface area (Å²) in [5.74, 6) is -1.34. The van der Waals surface area contributed by atoms with Crippen LogP contribution in [0.25, 0.3) is 0 Å². The van der Waals surface area contributed by atoms with E-state index in [2.05, 4.69) is 10.6 Å². The molecule has 2 amide bonds. The SMILES string of the molecule is CC(C)C(NC(=O)c1ccc([N+](=O)[O-])cc1Cl)C(=O)Nc1cccc(C#N)c1. The Morgan fingerprint density at radius 3 is 2.50 bits per heavy atom. The first kappa shape index (κ1) is 20.9. The molecule has 1 atom stereocenters. The highest BCUT2D eigenvalue weighted by molar-refractivity contribution is 6.34. The zero-order valence-corrected chi connectivity index (χ0v) is 15.9. The summed E-state index contributed by atoms with van der Waals surface area (Å²) in [5.41, 5.74) is 0.604. The first-order valence-corrected chi connectivity index (χ1v) is 8.66. The minimum absolute atomic E-state index is 0.0252. The lowest BCUT2D eigenvalue weighted by Gasteiger charge is -2.22. The fourth-order valence-electron chi connectivity index (χ4n) is 2.44. The molecule has 0 aliphatic carbocycles. The Morgan fingerprint density at radius 1 is 1.21 bits per heavy atom. The molecular formula is C19H17ClN4O4. The highest BCUT2D eigenvalue weighted by atomic mass is 35.5. The van der Waals surface area contributed by atoms with Gasteiger partial charge in [0.25, 0.3) is 11.6 Å². The summed E-state index contributed by atoms with van der Waals surface area (Å²) < 4.78 is 0. The number of carbonyl (C=O) groups excluding carboxylic acids is 2. The van der Waals surface area contributed by atoms with Crippen LogP contribution in [0.2, 0.25) is 5.02 Å². The molecule has 9 heteroatoms. The maximum atomic E-state index is 12.6. The fraction of sp³-hybridized carbons (Fsp3) is 0.211. The number of nitro groups is 1. The first-order valence-electron chi connectivity index (χ1n) is 8.28. The van der Waals surface area contributed by atoms with Gasteiger partial charge in [-0.05, 0) is 30.2 Å². The Hall–Kier alpha value is -3.44. The van der Waals surface area contributed by atoms with Crippen LogP contribution in [0.1, 0.15) is 29.8 Å². The van der Waals surface area contributed by atoms with Gasteiger partial charge in [0.15, 0.2) is 0 Å². The van der Waals surface area contributed by atoms with Gasteiger partial charge < -0.3 is 10.6 Å². The van der Waals surface area contributed by atoms with Crippen LogP contribution in [0.5, 0.6) is 0 Å². The van der Waals surface area contributed by atoms with Gasteiger partial charge in [-0.3, -0.25) is 19.7 Å². The molecule has 2 N–H and O–H groups in total. The quantitative estimate of drug-likeness (QED) is 0.566. The van der Waals surface area contributed by atoms with Gasteiger partial charge in [-0.2, -0.15) is 5.26 Å². The van der Waals surface area contributed by atoms with Crippen LogP contribution in [-0.2, 0) is 4.79 Å². The average molecular weight is 401 g/mol. The van der Waals surface area contributed by atoms with E-state index in [0.29, 0.717) is 11.3 Å². The number of nitriles is 1. The van der Waals surface area contributed by atoms with E-state index in [9.17, 15) is 19.7 Å². The van der Waals surface area contributed by atoms with Crippen LogP contribution in [-0.4, -0.2) is 22.8 Å². The molecule has 144 valence electrons. The normalized spacial score (nSPS) is 11.4. The number of non-ortho nitro benzene ring substituents is 1. The molecule has 2 rings (SSSR count). The van der Waals surface area contributed by atoms with E-state index in [-0.39, 0.29) is 22.2 Å². The van der Waals surface area contributed by atoms with Crippen molar-refractivity contribution in [1.29, 1.82) is 5.26 Å². The summed E-state index contributed by atoms with van der Waals surface area (Å²) in [6, 6.07) is 11.0. The van der Waals surface area contributed by atoms with Crippen molar-refractivity contribution in [3.05, 3.63) is 68.7 Å². The molecule has 8 nitrogen and oxygen atoms in total. The molecule has 2 aromatic carbocycles. The van der Waals surface area contributed by atoms with Gasteiger partial charge in [0.05, 0.1) is 27.1 Å². The molecule has 0 radical (unpaired) electrons. The van der Waals surface area contributed by atoms with Crippen LogP contribution in [0.15, 0.2) is 42.5 Å². The highest BCUT2D eigenvalue weighted by Crippen LogP contribution is 2.23. The molecule has 0 fully saturated rings. The van der Waals surface area contributed by atoms with E-state index in [4.69, 9.17) is 16.9 Å². The molecule has 0 saturated carbocycles.